The maximum atomic E-state index is 12.5. The summed E-state index contributed by atoms with van der Waals surface area (Å²) < 4.78 is 43.4. The first-order chi connectivity index (χ1) is 8.80. The summed E-state index contributed by atoms with van der Waals surface area (Å²) >= 11 is 0. The van der Waals surface area contributed by atoms with Gasteiger partial charge in [0.15, 0.2) is 0 Å². The van der Waals surface area contributed by atoms with Crippen LogP contribution in [0.4, 0.5) is 18.9 Å². The molecule has 1 heterocycles. The molecule has 0 aliphatic carbocycles. The molecule has 1 fully saturated rings. The normalized spacial score (nSPS) is 19.2. The van der Waals surface area contributed by atoms with Gasteiger partial charge in [-0.1, -0.05) is 0 Å². The summed E-state index contributed by atoms with van der Waals surface area (Å²) in [4.78, 5) is 0. The van der Waals surface area contributed by atoms with E-state index in [9.17, 15) is 13.2 Å². The van der Waals surface area contributed by atoms with Gasteiger partial charge in [0.1, 0.15) is 11.4 Å². The minimum atomic E-state index is -4.38. The highest BCUT2D eigenvalue weighted by molar-refractivity contribution is 5.55. The van der Waals surface area contributed by atoms with Crippen LogP contribution in [0, 0.1) is 0 Å². The van der Waals surface area contributed by atoms with E-state index in [1.165, 1.54) is 6.07 Å². The number of halogens is 3. The van der Waals surface area contributed by atoms with Crippen LogP contribution in [0.1, 0.15) is 25.3 Å². The predicted molar refractivity (Wildman–Crippen MR) is 67.0 cm³/mol. The van der Waals surface area contributed by atoms with Crippen molar-refractivity contribution in [3.05, 3.63) is 23.8 Å². The van der Waals surface area contributed by atoms with Crippen molar-refractivity contribution in [2.45, 2.75) is 31.5 Å². The van der Waals surface area contributed by atoms with Crippen molar-refractivity contribution in [1.82, 2.24) is 5.32 Å². The molecule has 1 aliphatic rings. The molecular weight excluding hydrogens is 257 g/mol. The van der Waals surface area contributed by atoms with Gasteiger partial charge in [0, 0.05) is 0 Å². The van der Waals surface area contributed by atoms with Gasteiger partial charge in [0.25, 0.3) is 0 Å². The monoisotopic (exact) mass is 274 g/mol. The fraction of sp³-hybridized carbons (Fsp3) is 0.538. The first-order valence-corrected chi connectivity index (χ1v) is 6.17. The number of piperidine rings is 1. The van der Waals surface area contributed by atoms with Gasteiger partial charge in [0.2, 0.25) is 0 Å². The highest BCUT2D eigenvalue weighted by Crippen LogP contribution is 2.36. The Labute approximate surface area is 109 Å². The Kier molecular flexibility index (Phi) is 3.62. The van der Waals surface area contributed by atoms with Crippen molar-refractivity contribution >= 4 is 5.69 Å². The van der Waals surface area contributed by atoms with Gasteiger partial charge in [0.05, 0.1) is 11.3 Å². The summed E-state index contributed by atoms with van der Waals surface area (Å²) in [7, 11) is 0. The smallest absolute Gasteiger partial charge is 0.416 e. The maximum Gasteiger partial charge on any atom is 0.416 e. The number of ether oxygens (including phenoxy) is 1. The van der Waals surface area contributed by atoms with E-state index in [1.54, 1.807) is 0 Å². The average molecular weight is 274 g/mol. The van der Waals surface area contributed by atoms with E-state index in [0.29, 0.717) is 5.75 Å². The lowest BCUT2D eigenvalue weighted by Crippen LogP contribution is -2.43. The molecule has 0 bridgehead atoms. The minimum Gasteiger partial charge on any atom is -0.485 e. The summed E-state index contributed by atoms with van der Waals surface area (Å²) in [6, 6.07) is 3.21. The molecule has 2 rings (SSSR count). The molecule has 1 aromatic rings. The van der Waals surface area contributed by atoms with Gasteiger partial charge >= 0.3 is 6.18 Å². The van der Waals surface area contributed by atoms with Gasteiger partial charge in [-0.2, -0.15) is 13.2 Å². The third-order valence-corrected chi connectivity index (χ3v) is 3.35. The first-order valence-electron chi connectivity index (χ1n) is 6.17. The number of anilines is 1. The number of nitrogens with two attached hydrogens (primary N) is 1. The quantitative estimate of drug-likeness (QED) is 0.815. The van der Waals surface area contributed by atoms with Crippen LogP contribution in [0.5, 0.6) is 5.75 Å². The molecule has 0 saturated carbocycles. The number of nitrogens with one attached hydrogen (secondary N) is 1. The lowest BCUT2D eigenvalue weighted by atomic mass is 9.94. The summed E-state index contributed by atoms with van der Waals surface area (Å²) in [5.74, 6) is 0.317. The van der Waals surface area contributed by atoms with E-state index >= 15 is 0 Å². The molecule has 0 unspecified atom stereocenters. The molecule has 6 heteroatoms. The molecule has 1 aliphatic heterocycles. The second-order valence-electron chi connectivity index (χ2n) is 5.05. The Bertz CT molecular complexity index is 454. The Hall–Kier alpha value is -1.43. The third-order valence-electron chi connectivity index (χ3n) is 3.35. The average Bonchev–Trinajstić information content (AvgIpc) is 2.31. The van der Waals surface area contributed by atoms with Crippen molar-refractivity contribution in [1.29, 1.82) is 0 Å². The van der Waals surface area contributed by atoms with Crippen LogP contribution in [0.2, 0.25) is 0 Å². The van der Waals surface area contributed by atoms with Crippen molar-refractivity contribution in [2.75, 3.05) is 18.8 Å². The van der Waals surface area contributed by atoms with E-state index in [-0.39, 0.29) is 11.3 Å². The predicted octanol–water partition coefficient (Wildman–Crippen LogP) is 2.81. The topological polar surface area (TPSA) is 47.3 Å². The number of alkyl halides is 3. The highest BCUT2D eigenvalue weighted by Gasteiger charge is 2.32. The molecule has 0 radical (unpaired) electrons. The summed E-state index contributed by atoms with van der Waals surface area (Å²) in [6.45, 7) is 3.61. The SMILES string of the molecule is CC1(Oc2ccc(C(F)(F)F)cc2N)CCNCC1. The number of rotatable bonds is 2. The fourth-order valence-corrected chi connectivity index (χ4v) is 2.14. The second-order valence-corrected chi connectivity index (χ2v) is 5.05. The van der Waals surface area contributed by atoms with Crippen molar-refractivity contribution in [2.24, 2.45) is 0 Å². The zero-order valence-corrected chi connectivity index (χ0v) is 10.7. The Morgan fingerprint density at radius 3 is 2.42 bits per heavy atom. The molecule has 3 nitrogen and oxygen atoms in total. The van der Waals surface area contributed by atoms with E-state index in [0.717, 1.165) is 38.1 Å². The van der Waals surface area contributed by atoms with E-state index in [4.69, 9.17) is 10.5 Å². The largest absolute Gasteiger partial charge is 0.485 e. The van der Waals surface area contributed by atoms with Gasteiger partial charge in [-0.3, -0.25) is 0 Å². The van der Waals surface area contributed by atoms with Crippen molar-refractivity contribution < 1.29 is 17.9 Å². The summed E-state index contributed by atoms with van der Waals surface area (Å²) in [5.41, 5.74) is 4.54. The van der Waals surface area contributed by atoms with E-state index in [2.05, 4.69) is 5.32 Å². The molecule has 3 N–H and O–H groups in total. The van der Waals surface area contributed by atoms with Crippen LogP contribution in [0.15, 0.2) is 18.2 Å². The standard InChI is InChI=1S/C13H17F3N2O/c1-12(4-6-18-7-5-12)19-11-3-2-9(8-10(11)17)13(14,15)16/h2-3,8,18H,4-7,17H2,1H3. The highest BCUT2D eigenvalue weighted by atomic mass is 19.4. The van der Waals surface area contributed by atoms with Crippen LogP contribution in [-0.4, -0.2) is 18.7 Å². The Morgan fingerprint density at radius 2 is 1.89 bits per heavy atom. The van der Waals surface area contributed by atoms with Crippen LogP contribution in [0.25, 0.3) is 0 Å². The maximum absolute atomic E-state index is 12.5. The van der Waals surface area contributed by atoms with Crippen molar-refractivity contribution in [3.63, 3.8) is 0 Å². The first kappa shape index (κ1) is 14.0. The van der Waals surface area contributed by atoms with Crippen molar-refractivity contribution in [3.8, 4) is 5.75 Å². The molecule has 1 aromatic carbocycles. The van der Waals surface area contributed by atoms with Gasteiger partial charge < -0.3 is 15.8 Å². The molecule has 106 valence electrons. The van der Waals surface area contributed by atoms with Crippen LogP contribution < -0.4 is 15.8 Å². The molecule has 0 spiro atoms. The summed E-state index contributed by atoms with van der Waals surface area (Å²) in [5, 5.41) is 3.21. The van der Waals surface area contributed by atoms with Gasteiger partial charge in [-0.25, -0.2) is 0 Å². The van der Waals surface area contributed by atoms with Crippen LogP contribution in [0.3, 0.4) is 0 Å². The fourth-order valence-electron chi connectivity index (χ4n) is 2.14. The minimum absolute atomic E-state index is 0.0228. The van der Waals surface area contributed by atoms with Gasteiger partial charge in [-0.05, 0) is 51.1 Å². The van der Waals surface area contributed by atoms with Crippen LogP contribution >= 0.6 is 0 Å². The zero-order chi connectivity index (χ0) is 14.1. The third kappa shape index (κ3) is 3.32. The lowest BCUT2D eigenvalue weighted by molar-refractivity contribution is -0.137. The lowest BCUT2D eigenvalue weighted by Gasteiger charge is -2.35. The van der Waals surface area contributed by atoms with Crippen LogP contribution in [-0.2, 0) is 6.18 Å². The summed E-state index contributed by atoms with van der Waals surface area (Å²) in [6.07, 6.45) is -2.79. The number of hydrogen-bond acceptors (Lipinski definition) is 3. The molecule has 0 aromatic heterocycles. The van der Waals surface area contributed by atoms with Gasteiger partial charge in [-0.15, -0.1) is 0 Å². The second kappa shape index (κ2) is 4.92. The molecule has 1 saturated heterocycles. The number of nitrogen functional groups attached to an aromatic ring is 1. The number of benzene rings is 1. The Balaban J connectivity index is 2.17. The van der Waals surface area contributed by atoms with E-state index < -0.39 is 11.7 Å². The molecule has 0 atom stereocenters. The zero-order valence-electron chi connectivity index (χ0n) is 10.7. The molecular formula is C13H17F3N2O. The molecule has 19 heavy (non-hydrogen) atoms. The van der Waals surface area contributed by atoms with E-state index in [1.807, 2.05) is 6.92 Å². The number of hydrogen-bond donors (Lipinski definition) is 2. The molecule has 0 amide bonds. The Morgan fingerprint density at radius 1 is 1.26 bits per heavy atom.